The summed E-state index contributed by atoms with van der Waals surface area (Å²) in [6.07, 6.45) is 2.17. The van der Waals surface area contributed by atoms with Crippen LogP contribution in [0.1, 0.15) is 11.1 Å². The summed E-state index contributed by atoms with van der Waals surface area (Å²) in [7, 11) is 0. The zero-order valence-corrected chi connectivity index (χ0v) is 6.09. The summed E-state index contributed by atoms with van der Waals surface area (Å²) in [5, 5.41) is 6.87. The lowest BCUT2D eigenvalue weighted by Gasteiger charge is -1.94. The van der Waals surface area contributed by atoms with Crippen LogP contribution in [0.25, 0.3) is 0 Å². The lowest BCUT2D eigenvalue weighted by atomic mass is 10.1. The van der Waals surface area contributed by atoms with E-state index in [0.717, 1.165) is 6.42 Å². The number of rotatable bonds is 2. The van der Waals surface area contributed by atoms with Crippen LogP contribution in [-0.2, 0) is 6.42 Å². The first kappa shape index (κ1) is 7.00. The summed E-state index contributed by atoms with van der Waals surface area (Å²) in [5.41, 5.74) is 2.48. The van der Waals surface area contributed by atoms with Gasteiger partial charge in [0.2, 0.25) is 0 Å². The van der Waals surface area contributed by atoms with Gasteiger partial charge in [0.25, 0.3) is 0 Å². The molecule has 0 amide bonds. The Balaban J connectivity index is 2.78. The van der Waals surface area contributed by atoms with Gasteiger partial charge in [-0.3, -0.25) is 0 Å². The van der Waals surface area contributed by atoms with Crippen molar-refractivity contribution in [2.75, 3.05) is 0 Å². The highest BCUT2D eigenvalue weighted by atomic mass is 14.3. The normalized spacial score (nSPS) is 9.30. The third kappa shape index (κ3) is 1.69. The standard InChI is InChI=1S/C9H11N/c1-8-2-4-9(5-3-8)6-7-10/h2-5,7,10H,6H2,1H3. The molecule has 0 atom stereocenters. The fourth-order valence-corrected chi connectivity index (χ4v) is 0.842. The second-order valence-corrected chi connectivity index (χ2v) is 2.39. The van der Waals surface area contributed by atoms with E-state index in [0.29, 0.717) is 0 Å². The maximum absolute atomic E-state index is 6.87. The van der Waals surface area contributed by atoms with E-state index in [1.165, 1.54) is 17.3 Å². The Kier molecular flexibility index (Phi) is 2.21. The summed E-state index contributed by atoms with van der Waals surface area (Å²) >= 11 is 0. The van der Waals surface area contributed by atoms with Gasteiger partial charge in [-0.1, -0.05) is 29.8 Å². The molecule has 0 aliphatic rings. The van der Waals surface area contributed by atoms with Crippen LogP contribution in [-0.4, -0.2) is 6.21 Å². The van der Waals surface area contributed by atoms with Crippen LogP contribution in [0.3, 0.4) is 0 Å². The maximum Gasteiger partial charge on any atom is 0.00714 e. The van der Waals surface area contributed by atoms with Crippen molar-refractivity contribution < 1.29 is 0 Å². The fraction of sp³-hybridized carbons (Fsp3) is 0.222. The molecule has 10 heavy (non-hydrogen) atoms. The minimum Gasteiger partial charge on any atom is -0.313 e. The molecule has 0 saturated carbocycles. The van der Waals surface area contributed by atoms with E-state index < -0.39 is 0 Å². The van der Waals surface area contributed by atoms with Crippen molar-refractivity contribution >= 4 is 6.21 Å². The Bertz CT molecular complexity index is 211. The first-order chi connectivity index (χ1) is 4.83. The van der Waals surface area contributed by atoms with Crippen LogP contribution >= 0.6 is 0 Å². The predicted octanol–water partition coefficient (Wildman–Crippen LogP) is 2.19. The molecule has 0 aliphatic heterocycles. The summed E-state index contributed by atoms with van der Waals surface area (Å²) < 4.78 is 0. The Morgan fingerprint density at radius 1 is 1.30 bits per heavy atom. The molecule has 0 aliphatic carbocycles. The fourth-order valence-electron chi connectivity index (χ4n) is 0.842. The van der Waals surface area contributed by atoms with Crippen LogP contribution in [0.15, 0.2) is 24.3 Å². The molecule has 0 radical (unpaired) electrons. The first-order valence-corrected chi connectivity index (χ1v) is 3.37. The van der Waals surface area contributed by atoms with E-state index in [-0.39, 0.29) is 0 Å². The molecule has 1 nitrogen and oxygen atoms in total. The molecule has 0 spiro atoms. The van der Waals surface area contributed by atoms with Crippen LogP contribution < -0.4 is 0 Å². The molecule has 0 unspecified atom stereocenters. The molecule has 0 aromatic heterocycles. The molecule has 0 saturated heterocycles. The average molecular weight is 133 g/mol. The predicted molar refractivity (Wildman–Crippen MR) is 43.7 cm³/mol. The average Bonchev–Trinajstić information content (AvgIpc) is 1.95. The molecule has 1 aromatic rings. The monoisotopic (exact) mass is 133 g/mol. The van der Waals surface area contributed by atoms with Gasteiger partial charge >= 0.3 is 0 Å². The van der Waals surface area contributed by atoms with Crippen molar-refractivity contribution in [2.24, 2.45) is 0 Å². The summed E-state index contributed by atoms with van der Waals surface area (Å²) in [4.78, 5) is 0. The first-order valence-electron chi connectivity index (χ1n) is 3.37. The van der Waals surface area contributed by atoms with E-state index in [2.05, 4.69) is 31.2 Å². The molecule has 0 fully saturated rings. The van der Waals surface area contributed by atoms with E-state index in [1.54, 1.807) is 0 Å². The molecule has 0 bridgehead atoms. The third-order valence-corrected chi connectivity index (χ3v) is 1.46. The van der Waals surface area contributed by atoms with Crippen molar-refractivity contribution in [1.82, 2.24) is 0 Å². The number of benzene rings is 1. The van der Waals surface area contributed by atoms with Gasteiger partial charge < -0.3 is 5.41 Å². The number of nitrogens with one attached hydrogen (secondary N) is 1. The highest BCUT2D eigenvalue weighted by Gasteiger charge is 1.86. The quantitative estimate of drug-likeness (QED) is 0.598. The van der Waals surface area contributed by atoms with Crippen molar-refractivity contribution in [1.29, 1.82) is 5.41 Å². The summed E-state index contributed by atoms with van der Waals surface area (Å²) in [6.45, 7) is 2.06. The number of hydrogen-bond donors (Lipinski definition) is 1. The number of aryl methyl sites for hydroxylation is 1. The van der Waals surface area contributed by atoms with Crippen LogP contribution in [0.2, 0.25) is 0 Å². The molecular formula is C9H11N. The van der Waals surface area contributed by atoms with Gasteiger partial charge in [-0.15, -0.1) is 0 Å². The Morgan fingerprint density at radius 2 is 1.90 bits per heavy atom. The molecule has 1 aromatic carbocycles. The molecule has 0 heterocycles. The van der Waals surface area contributed by atoms with Gasteiger partial charge in [-0.05, 0) is 18.7 Å². The maximum atomic E-state index is 6.87. The van der Waals surface area contributed by atoms with Gasteiger partial charge in [0, 0.05) is 6.42 Å². The zero-order chi connectivity index (χ0) is 7.40. The molecule has 1 rings (SSSR count). The Hall–Kier alpha value is -1.11. The Labute approximate surface area is 61.2 Å². The largest absolute Gasteiger partial charge is 0.313 e. The molecule has 1 N–H and O–H groups in total. The highest BCUT2D eigenvalue weighted by Crippen LogP contribution is 2.01. The smallest absolute Gasteiger partial charge is 0.00714 e. The van der Waals surface area contributed by atoms with Crippen LogP contribution in [0.4, 0.5) is 0 Å². The topological polar surface area (TPSA) is 23.9 Å². The van der Waals surface area contributed by atoms with Crippen molar-refractivity contribution in [2.45, 2.75) is 13.3 Å². The second kappa shape index (κ2) is 3.16. The highest BCUT2D eigenvalue weighted by molar-refractivity contribution is 5.57. The second-order valence-electron chi connectivity index (χ2n) is 2.39. The summed E-state index contributed by atoms with van der Waals surface area (Å²) in [6, 6.07) is 8.25. The Morgan fingerprint density at radius 3 is 2.40 bits per heavy atom. The van der Waals surface area contributed by atoms with Gasteiger partial charge in [-0.25, -0.2) is 0 Å². The molecular weight excluding hydrogens is 122 g/mol. The lowest BCUT2D eigenvalue weighted by molar-refractivity contribution is 1.31. The van der Waals surface area contributed by atoms with Crippen molar-refractivity contribution in [3.63, 3.8) is 0 Å². The SMILES string of the molecule is Cc1ccc(CC=N)cc1. The van der Waals surface area contributed by atoms with Crippen LogP contribution in [0, 0.1) is 12.3 Å². The van der Waals surface area contributed by atoms with Crippen molar-refractivity contribution in [3.8, 4) is 0 Å². The van der Waals surface area contributed by atoms with E-state index >= 15 is 0 Å². The van der Waals surface area contributed by atoms with Gasteiger partial charge in [-0.2, -0.15) is 0 Å². The van der Waals surface area contributed by atoms with Gasteiger partial charge in [0.05, 0.1) is 0 Å². The van der Waals surface area contributed by atoms with E-state index in [1.807, 2.05) is 0 Å². The van der Waals surface area contributed by atoms with Crippen LogP contribution in [0.5, 0.6) is 0 Å². The van der Waals surface area contributed by atoms with Gasteiger partial charge in [0.15, 0.2) is 0 Å². The van der Waals surface area contributed by atoms with Gasteiger partial charge in [0.1, 0.15) is 0 Å². The molecule has 1 heteroatoms. The zero-order valence-electron chi connectivity index (χ0n) is 6.09. The summed E-state index contributed by atoms with van der Waals surface area (Å²) in [5.74, 6) is 0. The van der Waals surface area contributed by atoms with Crippen molar-refractivity contribution in [3.05, 3.63) is 35.4 Å². The minimum atomic E-state index is 0.750. The minimum absolute atomic E-state index is 0.750. The number of hydrogen-bond acceptors (Lipinski definition) is 1. The molecule has 52 valence electrons. The lowest BCUT2D eigenvalue weighted by Crippen LogP contribution is -1.83. The third-order valence-electron chi connectivity index (χ3n) is 1.46. The van der Waals surface area contributed by atoms with E-state index in [9.17, 15) is 0 Å². The van der Waals surface area contributed by atoms with E-state index in [4.69, 9.17) is 5.41 Å².